The normalized spacial score (nSPS) is 14.4. The maximum Gasteiger partial charge on any atom is 0.435 e. The largest absolute Gasteiger partial charge is 0.454 e. The van der Waals surface area contributed by atoms with Crippen LogP contribution in [0.25, 0.3) is 5.69 Å². The topological polar surface area (TPSA) is 68.6 Å². The highest BCUT2D eigenvalue weighted by Crippen LogP contribution is 2.36. The lowest BCUT2D eigenvalue weighted by atomic mass is 10.1. The first-order valence-electron chi connectivity index (χ1n) is 10.00. The molecule has 0 aliphatic carbocycles. The molecule has 11 heteroatoms. The van der Waals surface area contributed by atoms with Crippen LogP contribution in [-0.2, 0) is 19.1 Å². The summed E-state index contributed by atoms with van der Waals surface area (Å²) >= 11 is 0. The number of hydrogen-bond donors (Lipinski definition) is 1. The van der Waals surface area contributed by atoms with Crippen LogP contribution >= 0.6 is 12.4 Å². The number of aromatic nitrogens is 2. The van der Waals surface area contributed by atoms with Crippen molar-refractivity contribution in [3.05, 3.63) is 65.0 Å². The van der Waals surface area contributed by atoms with Gasteiger partial charge in [0.05, 0.1) is 11.4 Å². The Balaban J connectivity index is 0.00000259. The van der Waals surface area contributed by atoms with Gasteiger partial charge in [-0.05, 0) is 30.3 Å². The number of halogens is 4. The molecule has 0 fully saturated rings. The van der Waals surface area contributed by atoms with Crippen molar-refractivity contribution in [2.45, 2.75) is 19.1 Å². The molecule has 3 aromatic rings. The number of fused-ring (bicyclic) bond motifs is 2. The Bertz CT molecular complexity index is 1210. The lowest BCUT2D eigenvalue weighted by Crippen LogP contribution is -2.26. The van der Waals surface area contributed by atoms with Crippen molar-refractivity contribution < 1.29 is 27.4 Å². The highest BCUT2D eigenvalue weighted by atomic mass is 35.5. The van der Waals surface area contributed by atoms with E-state index in [4.69, 9.17) is 9.47 Å². The Hall–Kier alpha value is -3.24. The van der Waals surface area contributed by atoms with Crippen molar-refractivity contribution in [1.29, 1.82) is 0 Å². The second-order valence-electron chi connectivity index (χ2n) is 7.56. The Morgan fingerprint density at radius 2 is 1.94 bits per heavy atom. The molecular formula is C22H20ClF3N4O3. The summed E-state index contributed by atoms with van der Waals surface area (Å²) in [5.41, 5.74) is 1.10. The zero-order valence-corrected chi connectivity index (χ0v) is 18.3. The summed E-state index contributed by atoms with van der Waals surface area (Å²) in [6.45, 7) is 0.791. The molecule has 0 bridgehead atoms. The van der Waals surface area contributed by atoms with E-state index in [1.54, 1.807) is 49.5 Å². The van der Waals surface area contributed by atoms with Gasteiger partial charge in [-0.3, -0.25) is 4.79 Å². The molecule has 0 saturated carbocycles. The molecule has 0 radical (unpaired) electrons. The quantitative estimate of drug-likeness (QED) is 0.614. The fourth-order valence-electron chi connectivity index (χ4n) is 3.96. The SMILES string of the molecule is CN(C(=O)c1cccc(-n2nc(C(F)(F)F)c3c2CCNC3)c1)c1ccc2c(c1)OCO2.Cl. The molecule has 174 valence electrons. The van der Waals surface area contributed by atoms with Crippen LogP contribution in [0.5, 0.6) is 11.5 Å². The zero-order chi connectivity index (χ0) is 22.5. The number of ether oxygens (including phenoxy) is 2. The average molecular weight is 481 g/mol. The Morgan fingerprint density at radius 1 is 1.15 bits per heavy atom. The van der Waals surface area contributed by atoms with E-state index in [1.807, 2.05) is 0 Å². The summed E-state index contributed by atoms with van der Waals surface area (Å²) < 4.78 is 52.5. The molecule has 1 aromatic heterocycles. The third-order valence-electron chi connectivity index (χ3n) is 5.58. The summed E-state index contributed by atoms with van der Waals surface area (Å²) in [6, 6.07) is 11.6. The molecule has 5 rings (SSSR count). The van der Waals surface area contributed by atoms with E-state index in [2.05, 4.69) is 10.4 Å². The van der Waals surface area contributed by atoms with E-state index in [0.29, 0.717) is 47.1 Å². The third-order valence-corrected chi connectivity index (χ3v) is 5.58. The van der Waals surface area contributed by atoms with Crippen LogP contribution in [0.3, 0.4) is 0 Å². The Morgan fingerprint density at radius 3 is 2.73 bits per heavy atom. The van der Waals surface area contributed by atoms with Crippen molar-refractivity contribution in [2.75, 3.05) is 25.3 Å². The highest BCUT2D eigenvalue weighted by Gasteiger charge is 2.39. The lowest BCUT2D eigenvalue weighted by Gasteiger charge is -2.19. The standard InChI is InChI=1S/C22H19F3N4O3.ClH/c1-28(14-5-6-18-19(10-14)32-12-31-18)21(30)13-3-2-4-15(9-13)29-17-7-8-26-11-16(17)20(27-29)22(23,24)25;/h2-6,9-10,26H,7-8,11-12H2,1H3;1H. The molecule has 2 aliphatic heterocycles. The second-order valence-corrected chi connectivity index (χ2v) is 7.56. The minimum absolute atomic E-state index is 0. The van der Waals surface area contributed by atoms with Gasteiger partial charge in [-0.25, -0.2) is 4.68 Å². The number of alkyl halides is 3. The lowest BCUT2D eigenvalue weighted by molar-refractivity contribution is -0.142. The molecule has 0 atom stereocenters. The van der Waals surface area contributed by atoms with Crippen molar-refractivity contribution >= 4 is 24.0 Å². The van der Waals surface area contributed by atoms with Crippen LogP contribution in [0.4, 0.5) is 18.9 Å². The molecule has 0 spiro atoms. The fourth-order valence-corrected chi connectivity index (χ4v) is 3.96. The summed E-state index contributed by atoms with van der Waals surface area (Å²) in [5.74, 6) is 0.840. The monoisotopic (exact) mass is 480 g/mol. The minimum Gasteiger partial charge on any atom is -0.454 e. The first-order chi connectivity index (χ1) is 15.3. The molecule has 1 N–H and O–H groups in total. The third kappa shape index (κ3) is 4.11. The number of amides is 1. The van der Waals surface area contributed by atoms with Gasteiger partial charge >= 0.3 is 6.18 Å². The molecule has 0 unspecified atom stereocenters. The van der Waals surface area contributed by atoms with E-state index >= 15 is 0 Å². The van der Waals surface area contributed by atoms with Crippen LogP contribution < -0.4 is 19.7 Å². The summed E-state index contributed by atoms with van der Waals surface area (Å²) in [4.78, 5) is 14.6. The first-order valence-corrected chi connectivity index (χ1v) is 10.00. The van der Waals surface area contributed by atoms with Crippen molar-refractivity contribution in [2.24, 2.45) is 0 Å². The van der Waals surface area contributed by atoms with Gasteiger partial charge in [-0.1, -0.05) is 6.07 Å². The number of nitrogens with zero attached hydrogens (tertiary/aromatic N) is 3. The van der Waals surface area contributed by atoms with Gasteiger partial charge in [-0.2, -0.15) is 18.3 Å². The number of carbonyl (C=O) groups excluding carboxylic acids is 1. The van der Waals surface area contributed by atoms with Gasteiger partial charge in [0, 0.05) is 49.4 Å². The summed E-state index contributed by atoms with van der Waals surface area (Å²) in [7, 11) is 1.62. The molecule has 3 heterocycles. The maximum atomic E-state index is 13.5. The van der Waals surface area contributed by atoms with E-state index < -0.39 is 11.9 Å². The average Bonchev–Trinajstić information content (AvgIpc) is 3.42. The Kier molecular flexibility index (Phi) is 5.98. The Labute approximate surface area is 193 Å². The van der Waals surface area contributed by atoms with Crippen LogP contribution in [0.1, 0.15) is 27.3 Å². The number of anilines is 1. The summed E-state index contributed by atoms with van der Waals surface area (Å²) in [6.07, 6.45) is -4.14. The van der Waals surface area contributed by atoms with Crippen LogP contribution in [0.15, 0.2) is 42.5 Å². The molecule has 1 amide bonds. The fraction of sp³-hybridized carbons (Fsp3) is 0.273. The number of rotatable bonds is 3. The first kappa shape index (κ1) is 22.9. The van der Waals surface area contributed by atoms with E-state index in [0.717, 1.165) is 0 Å². The van der Waals surface area contributed by atoms with Crippen molar-refractivity contribution in [3.63, 3.8) is 0 Å². The highest BCUT2D eigenvalue weighted by molar-refractivity contribution is 6.06. The summed E-state index contributed by atoms with van der Waals surface area (Å²) in [5, 5.41) is 6.84. The smallest absolute Gasteiger partial charge is 0.435 e. The molecule has 33 heavy (non-hydrogen) atoms. The van der Waals surface area contributed by atoms with E-state index in [-0.39, 0.29) is 37.2 Å². The van der Waals surface area contributed by atoms with Crippen molar-refractivity contribution in [1.82, 2.24) is 15.1 Å². The predicted octanol–water partition coefficient (Wildman–Crippen LogP) is 3.96. The minimum atomic E-state index is -4.55. The molecule has 2 aliphatic rings. The second kappa shape index (κ2) is 8.60. The van der Waals surface area contributed by atoms with Gasteiger partial charge in [0.15, 0.2) is 17.2 Å². The van der Waals surface area contributed by atoms with E-state index in [1.165, 1.54) is 9.58 Å². The van der Waals surface area contributed by atoms with Gasteiger partial charge < -0.3 is 19.7 Å². The number of nitrogens with one attached hydrogen (secondary N) is 1. The van der Waals surface area contributed by atoms with Crippen molar-refractivity contribution in [3.8, 4) is 17.2 Å². The molecular weight excluding hydrogens is 461 g/mol. The maximum absolute atomic E-state index is 13.5. The molecule has 2 aromatic carbocycles. The van der Waals surface area contributed by atoms with Gasteiger partial charge in [0.25, 0.3) is 5.91 Å². The van der Waals surface area contributed by atoms with Gasteiger partial charge in [0.2, 0.25) is 6.79 Å². The van der Waals surface area contributed by atoms with Crippen LogP contribution in [-0.4, -0.2) is 36.1 Å². The van der Waals surface area contributed by atoms with Gasteiger partial charge in [0.1, 0.15) is 0 Å². The van der Waals surface area contributed by atoms with Crippen LogP contribution in [0.2, 0.25) is 0 Å². The number of carbonyl (C=O) groups is 1. The number of benzene rings is 2. The predicted molar refractivity (Wildman–Crippen MR) is 117 cm³/mol. The van der Waals surface area contributed by atoms with E-state index in [9.17, 15) is 18.0 Å². The zero-order valence-electron chi connectivity index (χ0n) is 17.5. The number of hydrogen-bond acceptors (Lipinski definition) is 5. The molecule has 7 nitrogen and oxygen atoms in total. The van der Waals surface area contributed by atoms with Gasteiger partial charge in [-0.15, -0.1) is 12.4 Å². The molecule has 0 saturated heterocycles. The van der Waals surface area contributed by atoms with Crippen LogP contribution in [0, 0.1) is 0 Å².